The molecular formula is C13H19ClN2. The number of pyridine rings is 1. The van der Waals surface area contributed by atoms with Gasteiger partial charge in [0, 0.05) is 24.5 Å². The maximum absolute atomic E-state index is 6.11. The molecule has 2 nitrogen and oxygen atoms in total. The van der Waals surface area contributed by atoms with Crippen molar-refractivity contribution in [2.24, 2.45) is 5.92 Å². The highest BCUT2D eigenvalue weighted by Crippen LogP contribution is 2.23. The Kier molecular flexibility index (Phi) is 3.82. The maximum atomic E-state index is 6.11. The fraction of sp³-hybridized carbons (Fsp3) is 0.615. The van der Waals surface area contributed by atoms with Crippen molar-refractivity contribution in [2.45, 2.75) is 45.2 Å². The van der Waals surface area contributed by atoms with Crippen LogP contribution in [0.3, 0.4) is 0 Å². The lowest BCUT2D eigenvalue weighted by Crippen LogP contribution is -2.34. The molecule has 88 valence electrons. The summed E-state index contributed by atoms with van der Waals surface area (Å²) in [6, 6.07) is 3.34. The highest BCUT2D eigenvalue weighted by atomic mass is 35.5. The van der Waals surface area contributed by atoms with E-state index in [1.165, 1.54) is 18.4 Å². The fourth-order valence-electron chi connectivity index (χ4n) is 1.88. The molecule has 2 unspecified atom stereocenters. The van der Waals surface area contributed by atoms with Gasteiger partial charge in [0.1, 0.15) is 0 Å². The van der Waals surface area contributed by atoms with Crippen LogP contribution >= 0.6 is 11.6 Å². The summed E-state index contributed by atoms with van der Waals surface area (Å²) in [7, 11) is 0. The Balaban J connectivity index is 1.90. The highest BCUT2D eigenvalue weighted by molar-refractivity contribution is 6.31. The number of nitrogens with zero attached hydrogens (tertiary/aromatic N) is 1. The average molecular weight is 239 g/mol. The minimum Gasteiger partial charge on any atom is -0.311 e. The fourth-order valence-corrected chi connectivity index (χ4v) is 2.08. The number of aromatic nitrogens is 1. The largest absolute Gasteiger partial charge is 0.311 e. The number of hydrogen-bond acceptors (Lipinski definition) is 2. The topological polar surface area (TPSA) is 24.9 Å². The van der Waals surface area contributed by atoms with Crippen molar-refractivity contribution in [1.29, 1.82) is 0 Å². The van der Waals surface area contributed by atoms with Crippen LogP contribution in [-0.2, 0) is 6.42 Å². The molecular weight excluding hydrogens is 220 g/mol. The Hall–Kier alpha value is -0.600. The Morgan fingerprint density at radius 3 is 2.88 bits per heavy atom. The van der Waals surface area contributed by atoms with Crippen LogP contribution < -0.4 is 5.32 Å². The molecule has 1 saturated carbocycles. The summed E-state index contributed by atoms with van der Waals surface area (Å²) in [5, 5.41) is 4.42. The Labute approximate surface area is 102 Å². The van der Waals surface area contributed by atoms with Crippen LogP contribution in [0, 0.1) is 5.92 Å². The van der Waals surface area contributed by atoms with Gasteiger partial charge in [-0.25, -0.2) is 0 Å². The summed E-state index contributed by atoms with van der Waals surface area (Å²) in [5.74, 6) is 0.598. The normalized spacial score (nSPS) is 19.4. The van der Waals surface area contributed by atoms with E-state index in [0.29, 0.717) is 12.0 Å². The molecule has 1 heterocycles. The van der Waals surface area contributed by atoms with Gasteiger partial charge in [0.25, 0.3) is 0 Å². The minimum absolute atomic E-state index is 0.553. The SMILES string of the molecule is CC(Cc1ccncc1Cl)C(C)NC1CC1. The molecule has 0 spiro atoms. The quantitative estimate of drug-likeness (QED) is 0.853. The molecule has 1 aliphatic rings. The van der Waals surface area contributed by atoms with Crippen LogP contribution in [0.5, 0.6) is 0 Å². The zero-order chi connectivity index (χ0) is 11.5. The van der Waals surface area contributed by atoms with Gasteiger partial charge in [-0.05, 0) is 43.7 Å². The summed E-state index contributed by atoms with van der Waals surface area (Å²) >= 11 is 6.11. The van der Waals surface area contributed by atoms with Gasteiger partial charge in [0.15, 0.2) is 0 Å². The van der Waals surface area contributed by atoms with E-state index in [-0.39, 0.29) is 0 Å². The molecule has 0 aromatic carbocycles. The first-order chi connectivity index (χ1) is 7.66. The van der Waals surface area contributed by atoms with Gasteiger partial charge in [-0.15, -0.1) is 0 Å². The molecule has 0 saturated heterocycles. The minimum atomic E-state index is 0.553. The van der Waals surface area contributed by atoms with Crippen molar-refractivity contribution >= 4 is 11.6 Å². The van der Waals surface area contributed by atoms with Crippen molar-refractivity contribution in [3.05, 3.63) is 29.0 Å². The molecule has 0 aliphatic heterocycles. The van der Waals surface area contributed by atoms with E-state index >= 15 is 0 Å². The van der Waals surface area contributed by atoms with Crippen LogP contribution in [0.1, 0.15) is 32.3 Å². The third-order valence-corrected chi connectivity index (χ3v) is 3.67. The first-order valence-electron chi connectivity index (χ1n) is 6.01. The lowest BCUT2D eigenvalue weighted by atomic mass is 9.95. The first-order valence-corrected chi connectivity index (χ1v) is 6.39. The predicted molar refractivity (Wildman–Crippen MR) is 67.7 cm³/mol. The molecule has 16 heavy (non-hydrogen) atoms. The van der Waals surface area contributed by atoms with Crippen molar-refractivity contribution in [3.63, 3.8) is 0 Å². The van der Waals surface area contributed by atoms with Gasteiger partial charge in [-0.3, -0.25) is 4.98 Å². The highest BCUT2D eigenvalue weighted by Gasteiger charge is 2.25. The molecule has 3 heteroatoms. The standard InChI is InChI=1S/C13H19ClN2/c1-9(10(2)16-12-3-4-12)7-11-5-6-15-8-13(11)14/h5-6,8-10,12,16H,3-4,7H2,1-2H3. The van der Waals surface area contributed by atoms with Crippen LogP contribution in [0.25, 0.3) is 0 Å². The van der Waals surface area contributed by atoms with Gasteiger partial charge in [0.05, 0.1) is 5.02 Å². The van der Waals surface area contributed by atoms with E-state index in [0.717, 1.165) is 17.5 Å². The Morgan fingerprint density at radius 2 is 2.25 bits per heavy atom. The van der Waals surface area contributed by atoms with Gasteiger partial charge in [-0.1, -0.05) is 18.5 Å². The van der Waals surface area contributed by atoms with E-state index in [1.807, 2.05) is 12.3 Å². The van der Waals surface area contributed by atoms with E-state index in [4.69, 9.17) is 11.6 Å². The second-order valence-electron chi connectivity index (χ2n) is 4.88. The second kappa shape index (κ2) is 5.15. The van der Waals surface area contributed by atoms with Crippen LogP contribution in [0.2, 0.25) is 5.02 Å². The van der Waals surface area contributed by atoms with Crippen molar-refractivity contribution in [3.8, 4) is 0 Å². The van der Waals surface area contributed by atoms with Crippen molar-refractivity contribution < 1.29 is 0 Å². The van der Waals surface area contributed by atoms with Gasteiger partial charge in [-0.2, -0.15) is 0 Å². The Morgan fingerprint density at radius 1 is 1.50 bits per heavy atom. The lowest BCUT2D eigenvalue weighted by Gasteiger charge is -2.21. The van der Waals surface area contributed by atoms with Gasteiger partial charge >= 0.3 is 0 Å². The smallest absolute Gasteiger partial charge is 0.0621 e. The van der Waals surface area contributed by atoms with E-state index in [2.05, 4.69) is 24.1 Å². The summed E-state index contributed by atoms with van der Waals surface area (Å²) in [4.78, 5) is 4.01. The summed E-state index contributed by atoms with van der Waals surface area (Å²) in [6.45, 7) is 4.54. The monoisotopic (exact) mass is 238 g/mol. The molecule has 1 aromatic rings. The molecule has 2 rings (SSSR count). The Bertz CT molecular complexity index is 350. The van der Waals surface area contributed by atoms with Gasteiger partial charge < -0.3 is 5.32 Å². The second-order valence-corrected chi connectivity index (χ2v) is 5.29. The molecule has 1 N–H and O–H groups in total. The molecule has 0 bridgehead atoms. The van der Waals surface area contributed by atoms with Crippen molar-refractivity contribution in [2.75, 3.05) is 0 Å². The summed E-state index contributed by atoms with van der Waals surface area (Å²) in [6.07, 6.45) is 7.23. The van der Waals surface area contributed by atoms with E-state index < -0.39 is 0 Å². The molecule has 2 atom stereocenters. The van der Waals surface area contributed by atoms with E-state index in [1.54, 1.807) is 6.20 Å². The number of halogens is 1. The van der Waals surface area contributed by atoms with Crippen LogP contribution in [0.15, 0.2) is 18.5 Å². The average Bonchev–Trinajstić information content (AvgIpc) is 3.05. The van der Waals surface area contributed by atoms with Crippen LogP contribution in [0.4, 0.5) is 0 Å². The third-order valence-electron chi connectivity index (χ3n) is 3.33. The summed E-state index contributed by atoms with van der Waals surface area (Å²) < 4.78 is 0. The molecule has 1 aliphatic carbocycles. The van der Waals surface area contributed by atoms with Crippen molar-refractivity contribution in [1.82, 2.24) is 10.3 Å². The van der Waals surface area contributed by atoms with Crippen LogP contribution in [-0.4, -0.2) is 17.1 Å². The van der Waals surface area contributed by atoms with Gasteiger partial charge in [0.2, 0.25) is 0 Å². The number of hydrogen-bond donors (Lipinski definition) is 1. The van der Waals surface area contributed by atoms with E-state index in [9.17, 15) is 0 Å². The molecule has 0 radical (unpaired) electrons. The third kappa shape index (κ3) is 3.19. The zero-order valence-corrected chi connectivity index (χ0v) is 10.7. The maximum Gasteiger partial charge on any atom is 0.0621 e. The number of rotatable bonds is 5. The summed E-state index contributed by atoms with van der Waals surface area (Å²) in [5.41, 5.74) is 1.20. The molecule has 1 fully saturated rings. The lowest BCUT2D eigenvalue weighted by molar-refractivity contribution is 0.396. The first kappa shape index (κ1) is 11.9. The number of nitrogens with one attached hydrogen (secondary N) is 1. The zero-order valence-electron chi connectivity index (χ0n) is 9.91. The predicted octanol–water partition coefficient (Wildman–Crippen LogP) is 3.05. The molecule has 1 aromatic heterocycles. The molecule has 0 amide bonds.